The Bertz CT molecular complexity index is 518. The van der Waals surface area contributed by atoms with Gasteiger partial charge in [0.25, 0.3) is 0 Å². The molecule has 7 heteroatoms. The smallest absolute Gasteiger partial charge is 0.315 e. The van der Waals surface area contributed by atoms with Gasteiger partial charge in [-0.3, -0.25) is 15.2 Å². The van der Waals surface area contributed by atoms with Crippen LogP contribution in [0.1, 0.15) is 5.69 Å². The third-order valence-corrected chi connectivity index (χ3v) is 1.97. The predicted octanol–water partition coefficient (Wildman–Crippen LogP) is 0.757. The molecular weight excluding hydrogens is 186 g/mol. The average Bonchev–Trinajstić information content (AvgIpc) is 2.49. The van der Waals surface area contributed by atoms with Gasteiger partial charge >= 0.3 is 5.69 Å². The number of aryl methyl sites for hydroxylation is 1. The normalized spacial score (nSPS) is 10.6. The summed E-state index contributed by atoms with van der Waals surface area (Å²) in [6.07, 6.45) is 1.11. The van der Waals surface area contributed by atoms with Gasteiger partial charge in [0, 0.05) is 5.69 Å². The fourth-order valence-electron chi connectivity index (χ4n) is 1.32. The molecule has 14 heavy (non-hydrogen) atoms. The van der Waals surface area contributed by atoms with Crippen LogP contribution >= 0.6 is 0 Å². The van der Waals surface area contributed by atoms with E-state index in [-0.39, 0.29) is 17.0 Å². The Morgan fingerprint density at radius 1 is 1.64 bits per heavy atom. The Labute approximate surface area is 78.1 Å². The maximum absolute atomic E-state index is 10.6. The van der Waals surface area contributed by atoms with Crippen LogP contribution in [0.4, 0.5) is 11.5 Å². The first-order chi connectivity index (χ1) is 6.61. The van der Waals surface area contributed by atoms with E-state index in [1.807, 2.05) is 0 Å². The predicted molar refractivity (Wildman–Crippen MR) is 49.7 cm³/mol. The number of fused-ring (bicyclic) bond motifs is 1. The highest BCUT2D eigenvalue weighted by molar-refractivity contribution is 5.95. The number of nitrogens with zero attached hydrogens (tertiary/aromatic N) is 3. The SMILES string of the molecule is Cc1[nH]nc2c([N+](=O)[O-])cnc(N)c12. The Kier molecular flexibility index (Phi) is 1.60. The van der Waals surface area contributed by atoms with Gasteiger partial charge in [-0.25, -0.2) is 4.98 Å². The number of aromatic amines is 1. The number of nitrogens with one attached hydrogen (secondary N) is 1. The maximum atomic E-state index is 10.6. The molecule has 3 N–H and O–H groups in total. The number of hydrogen-bond donors (Lipinski definition) is 2. The van der Waals surface area contributed by atoms with E-state index in [1.54, 1.807) is 6.92 Å². The van der Waals surface area contributed by atoms with E-state index in [0.717, 1.165) is 6.20 Å². The maximum Gasteiger partial charge on any atom is 0.315 e. The molecule has 0 aliphatic rings. The Morgan fingerprint density at radius 3 is 3.00 bits per heavy atom. The molecular formula is C7H7N5O2. The van der Waals surface area contributed by atoms with Crippen molar-refractivity contribution in [2.75, 3.05) is 5.73 Å². The van der Waals surface area contributed by atoms with Crippen LogP contribution in [0.15, 0.2) is 6.20 Å². The topological polar surface area (TPSA) is 111 Å². The van der Waals surface area contributed by atoms with Crippen LogP contribution in [0, 0.1) is 17.0 Å². The number of aromatic nitrogens is 3. The van der Waals surface area contributed by atoms with Crippen molar-refractivity contribution in [2.45, 2.75) is 6.92 Å². The zero-order valence-electron chi connectivity index (χ0n) is 7.31. The molecule has 0 aromatic carbocycles. The van der Waals surface area contributed by atoms with Crippen molar-refractivity contribution in [1.82, 2.24) is 15.2 Å². The molecule has 0 aliphatic carbocycles. The van der Waals surface area contributed by atoms with Crippen molar-refractivity contribution in [3.05, 3.63) is 22.0 Å². The third-order valence-electron chi connectivity index (χ3n) is 1.97. The molecule has 2 aromatic rings. The zero-order valence-corrected chi connectivity index (χ0v) is 7.31. The first-order valence-electron chi connectivity index (χ1n) is 3.85. The molecule has 0 amide bonds. The van der Waals surface area contributed by atoms with Gasteiger partial charge in [0.05, 0.1) is 10.3 Å². The second-order valence-electron chi connectivity index (χ2n) is 2.86. The van der Waals surface area contributed by atoms with Crippen LogP contribution in [0.25, 0.3) is 10.9 Å². The zero-order chi connectivity index (χ0) is 10.3. The van der Waals surface area contributed by atoms with Crippen LogP contribution in [0.3, 0.4) is 0 Å². The molecule has 0 fully saturated rings. The molecule has 7 nitrogen and oxygen atoms in total. The van der Waals surface area contributed by atoms with E-state index in [0.29, 0.717) is 11.1 Å². The van der Waals surface area contributed by atoms with Gasteiger partial charge in [-0.15, -0.1) is 0 Å². The van der Waals surface area contributed by atoms with E-state index in [4.69, 9.17) is 5.73 Å². The number of nitrogen functional groups attached to an aromatic ring is 1. The number of nitro groups is 1. The molecule has 0 saturated carbocycles. The Morgan fingerprint density at radius 2 is 2.36 bits per heavy atom. The molecule has 0 spiro atoms. The molecule has 0 aliphatic heterocycles. The van der Waals surface area contributed by atoms with E-state index >= 15 is 0 Å². The summed E-state index contributed by atoms with van der Waals surface area (Å²) < 4.78 is 0. The second-order valence-corrected chi connectivity index (χ2v) is 2.86. The summed E-state index contributed by atoms with van der Waals surface area (Å²) in [5.74, 6) is 0.247. The molecule has 2 rings (SSSR count). The average molecular weight is 193 g/mol. The van der Waals surface area contributed by atoms with Crippen molar-refractivity contribution in [3.8, 4) is 0 Å². The number of anilines is 1. The van der Waals surface area contributed by atoms with Gasteiger partial charge in [-0.2, -0.15) is 5.10 Å². The minimum atomic E-state index is -0.533. The highest BCUT2D eigenvalue weighted by Gasteiger charge is 2.18. The molecule has 2 heterocycles. The second kappa shape index (κ2) is 2.66. The lowest BCUT2D eigenvalue weighted by atomic mass is 10.2. The standard InChI is InChI=1S/C7H7N5O2/c1-3-5-6(11-10-3)4(12(13)14)2-9-7(5)8/h2H,1H3,(H2,8,9)(H,10,11). The lowest BCUT2D eigenvalue weighted by Crippen LogP contribution is -1.95. The molecule has 0 saturated heterocycles. The quantitative estimate of drug-likeness (QED) is 0.513. The number of H-pyrrole nitrogens is 1. The Hall–Kier alpha value is -2.18. The van der Waals surface area contributed by atoms with Gasteiger partial charge < -0.3 is 5.73 Å². The number of rotatable bonds is 1. The van der Waals surface area contributed by atoms with Gasteiger partial charge in [0.15, 0.2) is 5.52 Å². The summed E-state index contributed by atoms with van der Waals surface area (Å²) in [7, 11) is 0. The first-order valence-corrected chi connectivity index (χ1v) is 3.85. The van der Waals surface area contributed by atoms with E-state index in [9.17, 15) is 10.1 Å². The lowest BCUT2D eigenvalue weighted by molar-refractivity contribution is -0.383. The van der Waals surface area contributed by atoms with E-state index in [2.05, 4.69) is 15.2 Å². The molecule has 0 bridgehead atoms. The summed E-state index contributed by atoms with van der Waals surface area (Å²) in [6.45, 7) is 1.73. The molecule has 72 valence electrons. The van der Waals surface area contributed by atoms with Gasteiger partial charge in [-0.1, -0.05) is 0 Å². The molecule has 2 aromatic heterocycles. The molecule has 0 unspecified atom stereocenters. The van der Waals surface area contributed by atoms with Crippen LogP contribution < -0.4 is 5.73 Å². The monoisotopic (exact) mass is 193 g/mol. The van der Waals surface area contributed by atoms with Gasteiger partial charge in [-0.05, 0) is 6.92 Å². The van der Waals surface area contributed by atoms with Crippen molar-refractivity contribution >= 4 is 22.4 Å². The lowest BCUT2D eigenvalue weighted by Gasteiger charge is -1.95. The Balaban J connectivity index is 2.90. The molecule has 0 radical (unpaired) electrons. The first kappa shape index (κ1) is 8.42. The third kappa shape index (κ3) is 0.987. The minimum Gasteiger partial charge on any atom is -0.383 e. The van der Waals surface area contributed by atoms with Gasteiger partial charge in [0.2, 0.25) is 0 Å². The number of hydrogen-bond acceptors (Lipinski definition) is 5. The van der Waals surface area contributed by atoms with E-state index < -0.39 is 4.92 Å². The highest BCUT2D eigenvalue weighted by atomic mass is 16.6. The fraction of sp³-hybridized carbons (Fsp3) is 0.143. The van der Waals surface area contributed by atoms with Crippen molar-refractivity contribution in [2.24, 2.45) is 0 Å². The van der Waals surface area contributed by atoms with Gasteiger partial charge in [0.1, 0.15) is 12.0 Å². The summed E-state index contributed by atoms with van der Waals surface area (Å²) in [4.78, 5) is 13.8. The van der Waals surface area contributed by atoms with Crippen molar-refractivity contribution in [1.29, 1.82) is 0 Å². The van der Waals surface area contributed by atoms with E-state index in [1.165, 1.54) is 0 Å². The number of nitrogens with two attached hydrogens (primary N) is 1. The van der Waals surface area contributed by atoms with Crippen LogP contribution in [-0.2, 0) is 0 Å². The summed E-state index contributed by atoms with van der Waals surface area (Å²) in [5, 5.41) is 17.6. The summed E-state index contributed by atoms with van der Waals surface area (Å²) in [5.41, 5.74) is 6.36. The van der Waals surface area contributed by atoms with Crippen molar-refractivity contribution in [3.63, 3.8) is 0 Å². The van der Waals surface area contributed by atoms with Crippen LogP contribution in [0.2, 0.25) is 0 Å². The summed E-state index contributed by atoms with van der Waals surface area (Å²) >= 11 is 0. The largest absolute Gasteiger partial charge is 0.383 e. The highest BCUT2D eigenvalue weighted by Crippen LogP contribution is 2.27. The number of pyridine rings is 1. The minimum absolute atomic E-state index is 0.140. The van der Waals surface area contributed by atoms with Crippen LogP contribution in [0.5, 0.6) is 0 Å². The fourth-order valence-corrected chi connectivity index (χ4v) is 1.32. The van der Waals surface area contributed by atoms with Crippen LogP contribution in [-0.4, -0.2) is 20.1 Å². The van der Waals surface area contributed by atoms with Crippen molar-refractivity contribution < 1.29 is 4.92 Å². The summed E-state index contributed by atoms with van der Waals surface area (Å²) in [6, 6.07) is 0. The molecule has 0 atom stereocenters.